The van der Waals surface area contributed by atoms with Crippen molar-refractivity contribution < 1.29 is 9.53 Å². The Morgan fingerprint density at radius 2 is 2.25 bits per heavy atom. The quantitative estimate of drug-likeness (QED) is 0.733. The summed E-state index contributed by atoms with van der Waals surface area (Å²) in [5.74, 6) is 0.913. The van der Waals surface area contributed by atoms with Crippen molar-refractivity contribution in [1.29, 1.82) is 0 Å². The molecule has 0 bridgehead atoms. The second-order valence-corrected chi connectivity index (χ2v) is 5.24. The van der Waals surface area contributed by atoms with Gasteiger partial charge in [0.25, 0.3) is 0 Å². The SMILES string of the molecule is CCC1CCCC1(NCC(C)C)C(=O)OC. The number of hydrogen-bond donors (Lipinski definition) is 1. The van der Waals surface area contributed by atoms with Crippen LogP contribution in [0.25, 0.3) is 0 Å². The summed E-state index contributed by atoms with van der Waals surface area (Å²) in [4.78, 5) is 12.0. The highest BCUT2D eigenvalue weighted by atomic mass is 16.5. The Bertz CT molecular complexity index is 240. The van der Waals surface area contributed by atoms with Crippen molar-refractivity contribution in [2.24, 2.45) is 11.8 Å². The van der Waals surface area contributed by atoms with Crippen molar-refractivity contribution in [3.8, 4) is 0 Å². The van der Waals surface area contributed by atoms with Gasteiger partial charge in [-0.25, -0.2) is 0 Å². The maximum absolute atomic E-state index is 12.0. The van der Waals surface area contributed by atoms with E-state index in [1.165, 1.54) is 7.11 Å². The summed E-state index contributed by atoms with van der Waals surface area (Å²) in [6, 6.07) is 0. The van der Waals surface area contributed by atoms with Gasteiger partial charge in [0, 0.05) is 0 Å². The second-order valence-electron chi connectivity index (χ2n) is 5.24. The Hall–Kier alpha value is -0.570. The molecule has 16 heavy (non-hydrogen) atoms. The number of esters is 1. The van der Waals surface area contributed by atoms with E-state index in [4.69, 9.17) is 4.74 Å². The average Bonchev–Trinajstić information content (AvgIpc) is 2.69. The standard InChI is InChI=1S/C13H25NO2/c1-5-11-7-6-8-13(11,12(15)16-4)14-9-10(2)3/h10-11,14H,5-9H2,1-4H3. The first kappa shape index (κ1) is 13.5. The fraction of sp³-hybridized carbons (Fsp3) is 0.923. The van der Waals surface area contributed by atoms with Crippen LogP contribution in [0.15, 0.2) is 0 Å². The van der Waals surface area contributed by atoms with Gasteiger partial charge < -0.3 is 10.1 Å². The van der Waals surface area contributed by atoms with Crippen LogP contribution in [-0.2, 0) is 9.53 Å². The van der Waals surface area contributed by atoms with Crippen LogP contribution in [0.4, 0.5) is 0 Å². The molecule has 0 saturated heterocycles. The van der Waals surface area contributed by atoms with Crippen LogP contribution < -0.4 is 5.32 Å². The molecule has 1 aliphatic carbocycles. The summed E-state index contributed by atoms with van der Waals surface area (Å²) in [6.07, 6.45) is 4.22. The van der Waals surface area contributed by atoms with Crippen LogP contribution in [-0.4, -0.2) is 25.2 Å². The first-order valence-electron chi connectivity index (χ1n) is 6.40. The molecule has 1 saturated carbocycles. The zero-order valence-electron chi connectivity index (χ0n) is 11.0. The van der Waals surface area contributed by atoms with E-state index in [2.05, 4.69) is 26.1 Å². The lowest BCUT2D eigenvalue weighted by Crippen LogP contribution is -2.56. The summed E-state index contributed by atoms with van der Waals surface area (Å²) < 4.78 is 5.00. The monoisotopic (exact) mass is 227 g/mol. The lowest BCUT2D eigenvalue weighted by atomic mass is 9.84. The predicted octanol–water partition coefficient (Wildman–Crippen LogP) is 2.35. The molecule has 0 aromatic carbocycles. The third-order valence-electron chi connectivity index (χ3n) is 3.69. The molecule has 2 atom stereocenters. The van der Waals surface area contributed by atoms with Crippen LogP contribution in [0.2, 0.25) is 0 Å². The minimum absolute atomic E-state index is 0.0718. The fourth-order valence-corrected chi connectivity index (χ4v) is 2.77. The predicted molar refractivity (Wildman–Crippen MR) is 65.2 cm³/mol. The molecule has 1 aliphatic rings. The van der Waals surface area contributed by atoms with Crippen LogP contribution in [0.3, 0.4) is 0 Å². The highest BCUT2D eigenvalue weighted by Gasteiger charge is 2.48. The topological polar surface area (TPSA) is 38.3 Å². The lowest BCUT2D eigenvalue weighted by molar-refractivity contribution is -0.150. The molecule has 0 aromatic rings. The Morgan fingerprint density at radius 1 is 1.56 bits per heavy atom. The van der Waals surface area contributed by atoms with Crippen molar-refractivity contribution >= 4 is 5.97 Å². The molecule has 0 aliphatic heterocycles. The van der Waals surface area contributed by atoms with Crippen molar-refractivity contribution in [3.63, 3.8) is 0 Å². The van der Waals surface area contributed by atoms with E-state index in [0.717, 1.165) is 32.2 Å². The number of carbonyl (C=O) groups is 1. The van der Waals surface area contributed by atoms with Gasteiger partial charge in [-0.1, -0.05) is 33.6 Å². The molecule has 0 radical (unpaired) electrons. The van der Waals surface area contributed by atoms with Gasteiger partial charge in [-0.05, 0) is 31.2 Å². The van der Waals surface area contributed by atoms with Crippen molar-refractivity contribution in [2.75, 3.05) is 13.7 Å². The molecule has 3 heteroatoms. The van der Waals surface area contributed by atoms with E-state index < -0.39 is 5.54 Å². The summed E-state index contributed by atoms with van der Waals surface area (Å²) >= 11 is 0. The minimum atomic E-state index is -0.409. The van der Waals surface area contributed by atoms with E-state index in [9.17, 15) is 4.79 Å². The Kier molecular flexibility index (Phi) is 4.78. The van der Waals surface area contributed by atoms with Crippen molar-refractivity contribution in [3.05, 3.63) is 0 Å². The number of hydrogen-bond acceptors (Lipinski definition) is 3. The molecular weight excluding hydrogens is 202 g/mol. The largest absolute Gasteiger partial charge is 0.468 e. The molecule has 94 valence electrons. The maximum Gasteiger partial charge on any atom is 0.326 e. The second kappa shape index (κ2) is 5.67. The summed E-state index contributed by atoms with van der Waals surface area (Å²) in [5.41, 5.74) is -0.409. The molecule has 2 unspecified atom stereocenters. The first-order chi connectivity index (χ1) is 7.56. The molecule has 0 spiro atoms. The summed E-state index contributed by atoms with van der Waals surface area (Å²) in [6.45, 7) is 7.36. The molecule has 0 amide bonds. The average molecular weight is 227 g/mol. The zero-order chi connectivity index (χ0) is 12.2. The molecular formula is C13H25NO2. The van der Waals surface area contributed by atoms with Gasteiger partial charge in [0.05, 0.1) is 7.11 Å². The third kappa shape index (κ3) is 2.57. The number of ether oxygens (including phenoxy) is 1. The first-order valence-corrected chi connectivity index (χ1v) is 6.40. The van der Waals surface area contributed by atoms with E-state index in [0.29, 0.717) is 11.8 Å². The molecule has 1 N–H and O–H groups in total. The van der Waals surface area contributed by atoms with Crippen molar-refractivity contribution in [2.45, 2.75) is 52.0 Å². The van der Waals surface area contributed by atoms with Gasteiger partial charge in [-0.3, -0.25) is 4.79 Å². The Balaban J connectivity index is 2.79. The molecule has 3 nitrogen and oxygen atoms in total. The van der Waals surface area contributed by atoms with Gasteiger partial charge in [0.2, 0.25) is 0 Å². The van der Waals surface area contributed by atoms with E-state index in [-0.39, 0.29) is 5.97 Å². The van der Waals surface area contributed by atoms with Crippen LogP contribution in [0, 0.1) is 11.8 Å². The normalized spacial score (nSPS) is 29.7. The van der Waals surface area contributed by atoms with Gasteiger partial charge in [-0.2, -0.15) is 0 Å². The highest BCUT2D eigenvalue weighted by Crippen LogP contribution is 2.38. The van der Waals surface area contributed by atoms with Gasteiger partial charge in [-0.15, -0.1) is 0 Å². The number of methoxy groups -OCH3 is 1. The van der Waals surface area contributed by atoms with E-state index >= 15 is 0 Å². The van der Waals surface area contributed by atoms with Gasteiger partial charge in [0.15, 0.2) is 0 Å². The van der Waals surface area contributed by atoms with Crippen LogP contribution >= 0.6 is 0 Å². The molecule has 1 fully saturated rings. The molecule has 1 rings (SSSR count). The zero-order valence-corrected chi connectivity index (χ0v) is 11.0. The minimum Gasteiger partial charge on any atom is -0.468 e. The summed E-state index contributed by atoms with van der Waals surface area (Å²) in [7, 11) is 1.49. The number of rotatable bonds is 5. The molecule has 0 aromatic heterocycles. The fourth-order valence-electron chi connectivity index (χ4n) is 2.77. The third-order valence-corrected chi connectivity index (χ3v) is 3.69. The lowest BCUT2D eigenvalue weighted by Gasteiger charge is -2.34. The Labute approximate surface area is 98.9 Å². The molecule has 0 heterocycles. The van der Waals surface area contributed by atoms with Crippen molar-refractivity contribution in [1.82, 2.24) is 5.32 Å². The smallest absolute Gasteiger partial charge is 0.326 e. The number of carbonyl (C=O) groups excluding carboxylic acids is 1. The number of nitrogens with one attached hydrogen (secondary N) is 1. The van der Waals surface area contributed by atoms with Crippen LogP contribution in [0.5, 0.6) is 0 Å². The van der Waals surface area contributed by atoms with E-state index in [1.54, 1.807) is 0 Å². The highest BCUT2D eigenvalue weighted by molar-refractivity contribution is 5.81. The van der Waals surface area contributed by atoms with Gasteiger partial charge >= 0.3 is 5.97 Å². The maximum atomic E-state index is 12.0. The Morgan fingerprint density at radius 3 is 2.75 bits per heavy atom. The van der Waals surface area contributed by atoms with Crippen LogP contribution in [0.1, 0.15) is 46.5 Å². The van der Waals surface area contributed by atoms with E-state index in [1.807, 2.05) is 0 Å². The van der Waals surface area contributed by atoms with Gasteiger partial charge in [0.1, 0.15) is 5.54 Å². The summed E-state index contributed by atoms with van der Waals surface area (Å²) in [5, 5.41) is 3.47.